The Labute approximate surface area is 324 Å². The highest BCUT2D eigenvalue weighted by molar-refractivity contribution is 6.08. The summed E-state index contributed by atoms with van der Waals surface area (Å²) in [4.78, 5) is 33.6. The number of hydrazone groups is 1. The minimum absolute atomic E-state index is 0.110. The first-order valence-corrected chi connectivity index (χ1v) is 18.6. The predicted molar refractivity (Wildman–Crippen MR) is 213 cm³/mol. The van der Waals surface area contributed by atoms with Crippen LogP contribution in [0.2, 0.25) is 0 Å². The van der Waals surface area contributed by atoms with Gasteiger partial charge in [-0.25, -0.2) is 14.8 Å². The second-order valence-electron chi connectivity index (χ2n) is 15.2. The number of allylic oxidation sites excluding steroid dienone is 1. The molecular weight excluding hydrogens is 711 g/mol. The summed E-state index contributed by atoms with van der Waals surface area (Å²) >= 11 is 0. The van der Waals surface area contributed by atoms with Gasteiger partial charge in [0, 0.05) is 17.2 Å². The first-order valence-electron chi connectivity index (χ1n) is 18.6. The molecule has 3 aromatic heterocycles. The predicted octanol–water partition coefficient (Wildman–Crippen LogP) is 9.28. The van der Waals surface area contributed by atoms with Crippen LogP contribution in [-0.4, -0.2) is 55.5 Å². The monoisotopic (exact) mass is 753 g/mol. The molecule has 286 valence electrons. The number of amides is 1. The molecule has 11 heteroatoms. The van der Waals surface area contributed by atoms with Crippen LogP contribution >= 0.6 is 0 Å². The molecule has 0 saturated carbocycles. The van der Waals surface area contributed by atoms with Gasteiger partial charge in [-0.15, -0.1) is 0 Å². The van der Waals surface area contributed by atoms with Crippen molar-refractivity contribution in [3.8, 4) is 17.2 Å². The number of furan rings is 2. The van der Waals surface area contributed by atoms with E-state index in [0.717, 1.165) is 34.1 Å². The standard InChI is InChI=1S/C45H43N3O8/c1-45(2,3)29-21-28(18-26-19-38(51-4)43(53-6)39(20-26)52-5)42-31(23-29)41(30-13-8-9-14-32(30)46-42)44(50)55-25-40(49)48-34(36-16-11-17-54-36)24-33(47-48)37-22-27-12-7-10-15-35(27)56-37/h7-20,22,29,34H,21,23-25H2,1-6H3/b28-18-. The highest BCUT2D eigenvalue weighted by Gasteiger charge is 2.38. The lowest BCUT2D eigenvalue weighted by atomic mass is 9.69. The number of methoxy groups -OCH3 is 3. The number of pyridine rings is 1. The molecule has 56 heavy (non-hydrogen) atoms. The third kappa shape index (κ3) is 6.78. The summed E-state index contributed by atoms with van der Waals surface area (Å²) in [5.41, 5.74) is 5.55. The van der Waals surface area contributed by atoms with Gasteiger partial charge in [0.2, 0.25) is 5.75 Å². The summed E-state index contributed by atoms with van der Waals surface area (Å²) < 4.78 is 34.6. The Morgan fingerprint density at radius 1 is 0.893 bits per heavy atom. The number of rotatable bonds is 9. The number of carbonyl (C=O) groups is 2. The van der Waals surface area contributed by atoms with Crippen molar-refractivity contribution < 1.29 is 37.4 Å². The van der Waals surface area contributed by atoms with Crippen LogP contribution in [0.5, 0.6) is 17.2 Å². The fourth-order valence-corrected chi connectivity index (χ4v) is 7.74. The number of aromatic nitrogens is 1. The Morgan fingerprint density at radius 3 is 2.34 bits per heavy atom. The van der Waals surface area contributed by atoms with Gasteiger partial charge in [-0.1, -0.05) is 57.2 Å². The molecule has 4 heterocycles. The summed E-state index contributed by atoms with van der Waals surface area (Å²) in [6.07, 6.45) is 5.32. The second kappa shape index (κ2) is 14.7. The van der Waals surface area contributed by atoms with E-state index in [9.17, 15) is 9.59 Å². The van der Waals surface area contributed by atoms with Crippen molar-refractivity contribution in [2.75, 3.05) is 27.9 Å². The lowest BCUT2D eigenvalue weighted by molar-refractivity contribution is -0.136. The summed E-state index contributed by atoms with van der Waals surface area (Å²) in [6, 6.07) is 24.0. The fourth-order valence-electron chi connectivity index (χ4n) is 7.74. The third-order valence-corrected chi connectivity index (χ3v) is 10.7. The third-order valence-electron chi connectivity index (χ3n) is 10.7. The minimum atomic E-state index is -0.606. The van der Waals surface area contributed by atoms with Crippen LogP contribution in [0.3, 0.4) is 0 Å². The number of benzene rings is 3. The second-order valence-corrected chi connectivity index (χ2v) is 15.2. The van der Waals surface area contributed by atoms with Crippen molar-refractivity contribution in [1.29, 1.82) is 0 Å². The van der Waals surface area contributed by atoms with Crippen LogP contribution in [0.4, 0.5) is 0 Å². The molecule has 8 rings (SSSR count). The van der Waals surface area contributed by atoms with Crippen molar-refractivity contribution in [1.82, 2.24) is 9.99 Å². The van der Waals surface area contributed by atoms with Gasteiger partial charge >= 0.3 is 5.97 Å². The number of carbonyl (C=O) groups excluding carboxylic acids is 2. The summed E-state index contributed by atoms with van der Waals surface area (Å²) in [5.74, 6) is 1.75. The molecule has 1 amide bonds. The number of ether oxygens (including phenoxy) is 4. The Balaban J connectivity index is 1.15. The van der Waals surface area contributed by atoms with Crippen LogP contribution in [0.15, 0.2) is 99.1 Å². The molecule has 0 fully saturated rings. The molecular formula is C45H43N3O8. The average molecular weight is 754 g/mol. The molecule has 2 unspecified atom stereocenters. The minimum Gasteiger partial charge on any atom is -0.493 e. The van der Waals surface area contributed by atoms with Crippen molar-refractivity contribution in [3.63, 3.8) is 0 Å². The zero-order valence-electron chi connectivity index (χ0n) is 32.3. The van der Waals surface area contributed by atoms with Gasteiger partial charge in [-0.2, -0.15) is 5.10 Å². The van der Waals surface area contributed by atoms with E-state index in [1.165, 1.54) is 5.01 Å². The largest absolute Gasteiger partial charge is 0.493 e. The highest BCUT2D eigenvalue weighted by Crippen LogP contribution is 2.46. The maximum atomic E-state index is 14.4. The van der Waals surface area contributed by atoms with Gasteiger partial charge in [0.25, 0.3) is 5.91 Å². The molecule has 11 nitrogen and oxygen atoms in total. The van der Waals surface area contributed by atoms with Crippen LogP contribution in [0.25, 0.3) is 33.5 Å². The van der Waals surface area contributed by atoms with Gasteiger partial charge in [0.1, 0.15) is 23.1 Å². The maximum Gasteiger partial charge on any atom is 0.339 e. The van der Waals surface area contributed by atoms with E-state index in [4.69, 9.17) is 37.9 Å². The topological polar surface area (TPSA) is 126 Å². The fraction of sp³-hybridized carbons (Fsp3) is 0.289. The van der Waals surface area contributed by atoms with E-state index in [2.05, 4.69) is 26.8 Å². The lowest BCUT2D eigenvalue weighted by Crippen LogP contribution is -2.32. The van der Waals surface area contributed by atoms with E-state index >= 15 is 0 Å². The van der Waals surface area contributed by atoms with Crippen molar-refractivity contribution in [2.45, 2.75) is 46.1 Å². The van der Waals surface area contributed by atoms with Crippen LogP contribution < -0.4 is 14.2 Å². The quantitative estimate of drug-likeness (QED) is 0.133. The summed E-state index contributed by atoms with van der Waals surface area (Å²) in [7, 11) is 4.74. The molecule has 3 aromatic carbocycles. The molecule has 1 aliphatic heterocycles. The smallest absolute Gasteiger partial charge is 0.339 e. The lowest BCUT2D eigenvalue weighted by Gasteiger charge is -2.36. The van der Waals surface area contributed by atoms with E-state index in [1.54, 1.807) is 39.7 Å². The van der Waals surface area contributed by atoms with Crippen molar-refractivity contribution >= 4 is 51.1 Å². The maximum absolute atomic E-state index is 14.4. The van der Waals surface area contributed by atoms with Gasteiger partial charge in [-0.05, 0) is 89.4 Å². The average Bonchev–Trinajstić information content (AvgIpc) is 3.98. The molecule has 0 bridgehead atoms. The zero-order chi connectivity index (χ0) is 39.1. The van der Waals surface area contributed by atoms with Crippen molar-refractivity contribution in [2.24, 2.45) is 16.4 Å². The van der Waals surface area contributed by atoms with E-state index in [-0.39, 0.29) is 11.3 Å². The number of fused-ring (bicyclic) bond motifs is 3. The summed E-state index contributed by atoms with van der Waals surface area (Å²) in [6.45, 7) is 6.08. The number of esters is 1. The van der Waals surface area contributed by atoms with Gasteiger partial charge in [-0.3, -0.25) is 4.79 Å². The van der Waals surface area contributed by atoms with Crippen LogP contribution in [-0.2, 0) is 16.0 Å². The summed E-state index contributed by atoms with van der Waals surface area (Å²) in [5, 5.41) is 7.62. The Bertz CT molecular complexity index is 2470. The van der Waals surface area contributed by atoms with Gasteiger partial charge < -0.3 is 27.8 Å². The van der Waals surface area contributed by atoms with Crippen LogP contribution in [0.1, 0.15) is 78.4 Å². The molecule has 6 aromatic rings. The Hall–Kier alpha value is -6.36. The molecule has 2 atom stereocenters. The number of nitrogens with zero attached hydrogens (tertiary/aromatic N) is 3. The Morgan fingerprint density at radius 2 is 1.64 bits per heavy atom. The SMILES string of the molecule is COc1cc(/C=C2/CC(C(C)(C)C)Cc3c2nc2ccccc2c3C(=O)OCC(=O)N2N=C(c3cc4ccccc4o3)CC2c2ccco2)cc(OC)c1OC. The molecule has 0 N–H and O–H groups in total. The molecule has 0 spiro atoms. The van der Waals surface area contributed by atoms with Crippen molar-refractivity contribution in [3.05, 3.63) is 119 Å². The number of hydrogen-bond donors (Lipinski definition) is 0. The first kappa shape index (κ1) is 36.6. The Kier molecular flexibility index (Phi) is 9.61. The molecule has 1 aliphatic carbocycles. The molecule has 0 saturated heterocycles. The van der Waals surface area contributed by atoms with E-state index in [1.807, 2.05) is 66.7 Å². The molecule has 0 radical (unpaired) electrons. The number of hydrogen-bond acceptors (Lipinski definition) is 10. The normalized spacial score (nSPS) is 17.6. The van der Waals surface area contributed by atoms with Gasteiger partial charge in [0.15, 0.2) is 23.9 Å². The number of para-hydroxylation sites is 2. The zero-order valence-corrected chi connectivity index (χ0v) is 32.3. The highest BCUT2D eigenvalue weighted by atomic mass is 16.5. The van der Waals surface area contributed by atoms with Gasteiger partial charge in [0.05, 0.1) is 44.4 Å². The molecule has 2 aliphatic rings. The van der Waals surface area contributed by atoms with Crippen LogP contribution in [0, 0.1) is 11.3 Å². The van der Waals surface area contributed by atoms with E-state index < -0.39 is 24.5 Å². The first-order chi connectivity index (χ1) is 27.1. The van der Waals surface area contributed by atoms with E-state index in [0.29, 0.717) is 69.5 Å².